The number of nitrogens with one attached hydrogen (secondary N) is 1. The van der Waals surface area contributed by atoms with Crippen LogP contribution in [0.4, 0.5) is 11.4 Å². The van der Waals surface area contributed by atoms with Gasteiger partial charge in [-0.1, -0.05) is 12.8 Å². The molecule has 2 fully saturated rings. The maximum atomic E-state index is 12.7. The summed E-state index contributed by atoms with van der Waals surface area (Å²) in [6, 6.07) is 2.71. The smallest absolute Gasteiger partial charge is 0.329 e. The van der Waals surface area contributed by atoms with Gasteiger partial charge in [0, 0.05) is 0 Å². The first-order valence-electron chi connectivity index (χ1n) is 10.4. The highest BCUT2D eigenvalue weighted by molar-refractivity contribution is 6.08. The number of nitro benzene ring substituents is 1. The number of nitrogens with zero attached hydrogens (tertiary/aromatic N) is 2. The summed E-state index contributed by atoms with van der Waals surface area (Å²) in [5, 5.41) is 13.6. The number of likely N-dealkylation sites (tertiary alicyclic amines) is 1. The molecule has 0 radical (unpaired) electrons. The van der Waals surface area contributed by atoms with Crippen LogP contribution < -0.4 is 10.1 Å². The van der Waals surface area contributed by atoms with Crippen LogP contribution in [0.2, 0.25) is 0 Å². The Hall–Kier alpha value is -3.50. The van der Waals surface area contributed by atoms with Crippen molar-refractivity contribution in [3.63, 3.8) is 0 Å². The van der Waals surface area contributed by atoms with Crippen molar-refractivity contribution in [3.8, 4) is 5.75 Å². The molecule has 1 aliphatic carbocycles. The average Bonchev–Trinajstić information content (AvgIpc) is 3.03. The van der Waals surface area contributed by atoms with Crippen LogP contribution in [0.3, 0.4) is 0 Å². The Labute approximate surface area is 184 Å². The van der Waals surface area contributed by atoms with E-state index in [0.29, 0.717) is 12.8 Å². The van der Waals surface area contributed by atoms with Crippen LogP contribution in [0.25, 0.3) is 0 Å². The molecule has 1 aromatic rings. The van der Waals surface area contributed by atoms with Gasteiger partial charge < -0.3 is 14.8 Å². The van der Waals surface area contributed by atoms with Crippen LogP contribution in [0.15, 0.2) is 18.2 Å². The Morgan fingerprint density at radius 1 is 1.16 bits per heavy atom. The van der Waals surface area contributed by atoms with Gasteiger partial charge in [0.2, 0.25) is 11.8 Å². The highest BCUT2D eigenvalue weighted by Gasteiger charge is 2.51. The minimum absolute atomic E-state index is 0.0919. The maximum Gasteiger partial charge on any atom is 0.329 e. The van der Waals surface area contributed by atoms with E-state index in [0.717, 1.165) is 23.8 Å². The third-order valence-electron chi connectivity index (χ3n) is 5.93. The molecule has 11 nitrogen and oxygen atoms in total. The highest BCUT2D eigenvalue weighted by Crippen LogP contribution is 2.39. The normalized spacial score (nSPS) is 22.0. The number of nitro groups is 1. The fourth-order valence-electron chi connectivity index (χ4n) is 4.13. The van der Waals surface area contributed by atoms with Crippen LogP contribution in [-0.4, -0.2) is 52.8 Å². The molecule has 0 bridgehead atoms. The lowest BCUT2D eigenvalue weighted by Crippen LogP contribution is -2.46. The molecule has 172 valence electrons. The van der Waals surface area contributed by atoms with E-state index < -0.39 is 40.8 Å². The van der Waals surface area contributed by atoms with Crippen molar-refractivity contribution < 1.29 is 33.6 Å². The fourth-order valence-corrected chi connectivity index (χ4v) is 4.13. The van der Waals surface area contributed by atoms with Crippen molar-refractivity contribution in [2.24, 2.45) is 11.8 Å². The van der Waals surface area contributed by atoms with Gasteiger partial charge in [0.05, 0.1) is 29.9 Å². The molecule has 4 atom stereocenters. The van der Waals surface area contributed by atoms with Crippen LogP contribution in [-0.2, 0) is 23.9 Å². The monoisotopic (exact) mass is 447 g/mol. The van der Waals surface area contributed by atoms with Gasteiger partial charge in [0.1, 0.15) is 17.5 Å². The molecule has 1 aliphatic heterocycles. The number of rotatable bonds is 7. The third-order valence-corrected chi connectivity index (χ3v) is 5.93. The van der Waals surface area contributed by atoms with Gasteiger partial charge in [-0.2, -0.15) is 0 Å². The summed E-state index contributed by atoms with van der Waals surface area (Å²) in [6.45, 7) is 2.68. The zero-order valence-corrected chi connectivity index (χ0v) is 18.0. The Balaban J connectivity index is 1.65. The van der Waals surface area contributed by atoms with Gasteiger partial charge >= 0.3 is 5.97 Å². The second-order valence-electron chi connectivity index (χ2n) is 7.93. The van der Waals surface area contributed by atoms with Gasteiger partial charge in [0.15, 0.2) is 6.10 Å². The predicted octanol–water partition coefficient (Wildman–Crippen LogP) is 2.04. The van der Waals surface area contributed by atoms with Crippen LogP contribution >= 0.6 is 0 Å². The fraction of sp³-hybridized carbons (Fsp3) is 0.524. The number of esters is 1. The summed E-state index contributed by atoms with van der Waals surface area (Å²) in [5.41, 5.74) is -0.480. The maximum absolute atomic E-state index is 12.7. The standard InChI is InChI=1S/C21H25N3O8/c1-11(23-19(26)14-6-4-5-7-15(14)20(23)27)21(28)32-12(2)18(25)22-16-9-8-13(31-3)10-17(16)24(29)30/h8-12,14-15H,4-7H2,1-3H3,(H,22,25)/t11-,12?,14?,15?/m0/s1. The quantitative estimate of drug-likeness (QED) is 0.289. The third kappa shape index (κ3) is 4.41. The summed E-state index contributed by atoms with van der Waals surface area (Å²) in [6.07, 6.45) is 1.64. The zero-order valence-electron chi connectivity index (χ0n) is 18.0. The molecule has 1 aromatic carbocycles. The topological polar surface area (TPSA) is 145 Å². The lowest BCUT2D eigenvalue weighted by Gasteiger charge is -2.23. The molecule has 2 aliphatic rings. The summed E-state index contributed by atoms with van der Waals surface area (Å²) < 4.78 is 10.1. The highest BCUT2D eigenvalue weighted by atomic mass is 16.6. The summed E-state index contributed by atoms with van der Waals surface area (Å²) in [4.78, 5) is 61.9. The minimum Gasteiger partial charge on any atom is -0.496 e. The first-order valence-corrected chi connectivity index (χ1v) is 10.4. The van der Waals surface area contributed by atoms with Gasteiger partial charge in [-0.15, -0.1) is 0 Å². The van der Waals surface area contributed by atoms with Crippen molar-refractivity contribution in [2.75, 3.05) is 12.4 Å². The molecule has 1 heterocycles. The molecule has 1 saturated heterocycles. The Bertz CT molecular complexity index is 938. The molecule has 3 unspecified atom stereocenters. The van der Waals surface area contributed by atoms with Crippen LogP contribution in [0.5, 0.6) is 5.75 Å². The number of ether oxygens (including phenoxy) is 2. The van der Waals surface area contributed by atoms with Crippen LogP contribution in [0.1, 0.15) is 39.5 Å². The second kappa shape index (κ2) is 9.33. The van der Waals surface area contributed by atoms with Crippen molar-refractivity contribution in [3.05, 3.63) is 28.3 Å². The number of carbonyl (C=O) groups excluding carboxylic acids is 4. The minimum atomic E-state index is -1.32. The number of methoxy groups -OCH3 is 1. The van der Waals surface area contributed by atoms with E-state index in [1.54, 1.807) is 0 Å². The lowest BCUT2D eigenvalue weighted by molar-refractivity contribution is -0.384. The zero-order chi connectivity index (χ0) is 23.6. The van der Waals surface area contributed by atoms with E-state index >= 15 is 0 Å². The van der Waals surface area contributed by atoms with Gasteiger partial charge in [-0.25, -0.2) is 4.79 Å². The lowest BCUT2D eigenvalue weighted by atomic mass is 9.81. The summed E-state index contributed by atoms with van der Waals surface area (Å²) in [7, 11) is 1.35. The first kappa shape index (κ1) is 23.2. The average molecular weight is 447 g/mol. The van der Waals surface area contributed by atoms with E-state index in [2.05, 4.69) is 5.32 Å². The predicted molar refractivity (Wildman–Crippen MR) is 111 cm³/mol. The number of hydrogen-bond acceptors (Lipinski definition) is 8. The van der Waals surface area contributed by atoms with E-state index in [4.69, 9.17) is 9.47 Å². The van der Waals surface area contributed by atoms with Gasteiger partial charge in [-0.3, -0.25) is 29.4 Å². The van der Waals surface area contributed by atoms with Crippen molar-refractivity contribution >= 4 is 35.1 Å². The van der Waals surface area contributed by atoms with Crippen LogP contribution in [0, 0.1) is 22.0 Å². The van der Waals surface area contributed by atoms with E-state index in [-0.39, 0.29) is 28.9 Å². The van der Waals surface area contributed by atoms with E-state index in [1.165, 1.54) is 33.1 Å². The Kier molecular flexibility index (Phi) is 6.75. The number of amides is 3. The number of imide groups is 1. The number of hydrogen-bond donors (Lipinski definition) is 1. The largest absolute Gasteiger partial charge is 0.496 e. The SMILES string of the molecule is COc1ccc(NC(=O)C(C)OC(=O)[C@H](C)N2C(=O)C3CCCCC3C2=O)c([N+](=O)[O-])c1. The number of benzene rings is 1. The number of fused-ring (bicyclic) bond motifs is 1. The number of carbonyl (C=O) groups is 4. The summed E-state index contributed by atoms with van der Waals surface area (Å²) >= 11 is 0. The van der Waals surface area contributed by atoms with Gasteiger partial charge in [0.25, 0.3) is 11.6 Å². The Morgan fingerprint density at radius 2 is 1.75 bits per heavy atom. The molecule has 0 spiro atoms. The van der Waals surface area contributed by atoms with E-state index in [1.807, 2.05) is 0 Å². The molecular formula is C21H25N3O8. The van der Waals surface area contributed by atoms with Gasteiger partial charge in [-0.05, 0) is 38.8 Å². The molecule has 1 N–H and O–H groups in total. The van der Waals surface area contributed by atoms with Crippen molar-refractivity contribution in [1.29, 1.82) is 0 Å². The van der Waals surface area contributed by atoms with Crippen molar-refractivity contribution in [2.45, 2.75) is 51.7 Å². The first-order chi connectivity index (χ1) is 15.1. The summed E-state index contributed by atoms with van der Waals surface area (Å²) in [5.74, 6) is -3.02. The molecule has 3 rings (SSSR count). The van der Waals surface area contributed by atoms with E-state index in [9.17, 15) is 29.3 Å². The Morgan fingerprint density at radius 3 is 2.28 bits per heavy atom. The number of anilines is 1. The van der Waals surface area contributed by atoms with Crippen molar-refractivity contribution in [1.82, 2.24) is 4.90 Å². The molecule has 11 heteroatoms. The second-order valence-corrected chi connectivity index (χ2v) is 7.93. The molecular weight excluding hydrogens is 422 g/mol. The molecule has 0 aromatic heterocycles. The molecule has 1 saturated carbocycles. The molecule has 32 heavy (non-hydrogen) atoms. The molecule has 3 amide bonds.